The Balaban J connectivity index is 3.06. The van der Waals surface area contributed by atoms with Crippen LogP contribution in [0.4, 0.5) is 18.6 Å². The van der Waals surface area contributed by atoms with Crippen LogP contribution in [-0.2, 0) is 12.9 Å². The van der Waals surface area contributed by atoms with E-state index in [0.29, 0.717) is 11.3 Å². The van der Waals surface area contributed by atoms with Gasteiger partial charge in [0.05, 0.1) is 0 Å². The summed E-state index contributed by atoms with van der Waals surface area (Å²) in [5.41, 5.74) is 13.0. The lowest BCUT2D eigenvalue weighted by atomic mass is 9.81. The lowest BCUT2D eigenvalue weighted by Crippen LogP contribution is -2.20. The van der Waals surface area contributed by atoms with E-state index in [4.69, 9.17) is 11.5 Å². The molecule has 0 aromatic heterocycles. The Hall–Kier alpha value is -1.17. The first kappa shape index (κ1) is 11.9. The molecule has 4 N–H and O–H groups in total. The van der Waals surface area contributed by atoms with Crippen LogP contribution in [0, 0.1) is 6.92 Å². The Kier molecular flexibility index (Phi) is 3.29. The molecule has 0 aliphatic rings. The van der Waals surface area contributed by atoms with Gasteiger partial charge in [-0.15, -0.1) is 0 Å². The Morgan fingerprint density at radius 3 is 2.33 bits per heavy atom. The highest BCUT2D eigenvalue weighted by molar-refractivity contribution is 6.57. The predicted octanol–water partition coefficient (Wildman–Crippen LogP) is 1.97. The third-order valence-corrected chi connectivity index (χ3v) is 2.30. The summed E-state index contributed by atoms with van der Waals surface area (Å²) in [7, 11) is 0. The third kappa shape index (κ3) is 3.16. The number of benzene rings is 1. The molecular formula is C9H13BF3N2-. The van der Waals surface area contributed by atoms with Crippen molar-refractivity contribution in [1.82, 2.24) is 0 Å². The largest absolute Gasteiger partial charge is 0.482 e. The lowest BCUT2D eigenvalue weighted by molar-refractivity contribution is 0.468. The summed E-state index contributed by atoms with van der Waals surface area (Å²) in [5, 5.41) is 0. The number of nitrogens with two attached hydrogens (primary N) is 2. The zero-order valence-electron chi connectivity index (χ0n) is 8.43. The van der Waals surface area contributed by atoms with Gasteiger partial charge in [-0.2, -0.15) is 0 Å². The SMILES string of the molecule is Cc1c(N)cc(C[B-](F)(F)F)cc1CN. The summed E-state index contributed by atoms with van der Waals surface area (Å²) in [6.45, 7) is -2.87. The van der Waals surface area contributed by atoms with E-state index in [0.717, 1.165) is 5.56 Å². The number of rotatable bonds is 3. The molecule has 2 nitrogen and oxygen atoms in total. The van der Waals surface area contributed by atoms with E-state index < -0.39 is 13.3 Å². The molecule has 0 fully saturated rings. The van der Waals surface area contributed by atoms with Gasteiger partial charge >= 0.3 is 6.98 Å². The van der Waals surface area contributed by atoms with Gasteiger partial charge in [-0.3, -0.25) is 0 Å². The van der Waals surface area contributed by atoms with Crippen LogP contribution in [0.3, 0.4) is 0 Å². The molecule has 0 aliphatic carbocycles. The summed E-state index contributed by atoms with van der Waals surface area (Å²) < 4.78 is 36.6. The molecule has 1 aromatic carbocycles. The highest BCUT2D eigenvalue weighted by atomic mass is 19.4. The second-order valence-corrected chi connectivity index (χ2v) is 3.59. The molecule has 0 atom stereocenters. The first-order valence-electron chi connectivity index (χ1n) is 4.62. The maximum absolute atomic E-state index is 12.2. The number of halogens is 3. The van der Waals surface area contributed by atoms with Crippen LogP contribution in [0.1, 0.15) is 16.7 Å². The van der Waals surface area contributed by atoms with E-state index in [1.165, 1.54) is 12.1 Å². The van der Waals surface area contributed by atoms with Gasteiger partial charge in [0.25, 0.3) is 0 Å². The summed E-state index contributed by atoms with van der Waals surface area (Å²) in [4.78, 5) is 0. The summed E-state index contributed by atoms with van der Waals surface area (Å²) >= 11 is 0. The van der Waals surface area contributed by atoms with Crippen molar-refractivity contribution < 1.29 is 12.9 Å². The Morgan fingerprint density at radius 2 is 1.87 bits per heavy atom. The van der Waals surface area contributed by atoms with Crippen molar-refractivity contribution in [2.45, 2.75) is 19.8 Å². The minimum Gasteiger partial charge on any atom is -0.449 e. The van der Waals surface area contributed by atoms with Gasteiger partial charge in [0, 0.05) is 12.2 Å². The van der Waals surface area contributed by atoms with Crippen molar-refractivity contribution in [3.05, 3.63) is 28.8 Å². The molecule has 0 amide bonds. The van der Waals surface area contributed by atoms with E-state index in [1.54, 1.807) is 6.92 Å². The van der Waals surface area contributed by atoms with E-state index in [9.17, 15) is 12.9 Å². The van der Waals surface area contributed by atoms with Crippen LogP contribution < -0.4 is 11.5 Å². The van der Waals surface area contributed by atoms with Crippen molar-refractivity contribution in [2.75, 3.05) is 5.73 Å². The highest BCUT2D eigenvalue weighted by Gasteiger charge is 2.23. The molecule has 84 valence electrons. The Labute approximate surface area is 86.5 Å². The zero-order valence-corrected chi connectivity index (χ0v) is 8.43. The normalized spacial score (nSPS) is 11.8. The van der Waals surface area contributed by atoms with Crippen molar-refractivity contribution in [3.8, 4) is 0 Å². The van der Waals surface area contributed by atoms with E-state index in [2.05, 4.69) is 0 Å². The van der Waals surface area contributed by atoms with Crippen molar-refractivity contribution in [2.24, 2.45) is 5.73 Å². The molecule has 6 heteroatoms. The zero-order chi connectivity index (χ0) is 11.6. The molecule has 0 saturated heterocycles. The van der Waals surface area contributed by atoms with Gasteiger partial charge in [0.1, 0.15) is 0 Å². The standard InChI is InChI=1S/C9H13BF3N2/c1-6-8(5-14)2-7(3-9(6)15)4-10(11,12)13/h2-3H,4-5,14-15H2,1H3/q-1. The monoisotopic (exact) mass is 217 g/mol. The quantitative estimate of drug-likeness (QED) is 0.600. The fourth-order valence-corrected chi connectivity index (χ4v) is 1.46. The molecular weight excluding hydrogens is 204 g/mol. The fraction of sp³-hybridized carbons (Fsp3) is 0.333. The van der Waals surface area contributed by atoms with Gasteiger partial charge < -0.3 is 24.4 Å². The second-order valence-electron chi connectivity index (χ2n) is 3.59. The van der Waals surface area contributed by atoms with Crippen molar-refractivity contribution >= 4 is 12.7 Å². The van der Waals surface area contributed by atoms with Crippen LogP contribution in [0.25, 0.3) is 0 Å². The van der Waals surface area contributed by atoms with Crippen LogP contribution in [-0.4, -0.2) is 6.98 Å². The van der Waals surface area contributed by atoms with Crippen LogP contribution in [0.15, 0.2) is 12.1 Å². The topological polar surface area (TPSA) is 52.0 Å². The molecule has 0 saturated carbocycles. The number of anilines is 1. The second kappa shape index (κ2) is 4.14. The number of hydrogen-bond donors (Lipinski definition) is 2. The molecule has 1 aromatic rings. The summed E-state index contributed by atoms with van der Waals surface area (Å²) in [5.74, 6) is 0. The molecule has 0 aliphatic heterocycles. The predicted molar refractivity (Wildman–Crippen MR) is 56.3 cm³/mol. The molecule has 15 heavy (non-hydrogen) atoms. The molecule has 1 rings (SSSR count). The minimum atomic E-state index is -4.82. The highest BCUT2D eigenvalue weighted by Crippen LogP contribution is 2.23. The third-order valence-electron chi connectivity index (χ3n) is 2.30. The Bertz CT molecular complexity index is 363. The van der Waals surface area contributed by atoms with Crippen molar-refractivity contribution in [3.63, 3.8) is 0 Å². The van der Waals surface area contributed by atoms with Crippen LogP contribution in [0.2, 0.25) is 0 Å². The average Bonchev–Trinajstić information content (AvgIpc) is 2.08. The van der Waals surface area contributed by atoms with E-state index in [-0.39, 0.29) is 12.1 Å². The molecule has 0 unspecified atom stereocenters. The summed E-state index contributed by atoms with van der Waals surface area (Å²) in [6.07, 6.45) is -0.905. The Morgan fingerprint density at radius 1 is 1.27 bits per heavy atom. The van der Waals surface area contributed by atoms with Gasteiger partial charge in [-0.1, -0.05) is 17.9 Å². The van der Waals surface area contributed by atoms with Crippen LogP contribution in [0.5, 0.6) is 0 Å². The lowest BCUT2D eigenvalue weighted by Gasteiger charge is -2.16. The molecule has 0 bridgehead atoms. The maximum atomic E-state index is 12.2. The maximum Gasteiger partial charge on any atom is 0.482 e. The number of hydrogen-bond acceptors (Lipinski definition) is 2. The number of nitrogen functional groups attached to an aromatic ring is 1. The smallest absolute Gasteiger partial charge is 0.449 e. The van der Waals surface area contributed by atoms with Crippen molar-refractivity contribution in [1.29, 1.82) is 0 Å². The molecule has 0 heterocycles. The minimum absolute atomic E-state index is 0.186. The van der Waals surface area contributed by atoms with Gasteiger partial charge in [-0.25, -0.2) is 0 Å². The van der Waals surface area contributed by atoms with Crippen LogP contribution >= 0.6 is 0 Å². The first-order valence-corrected chi connectivity index (χ1v) is 4.62. The average molecular weight is 217 g/mol. The molecule has 0 spiro atoms. The first-order chi connectivity index (χ1) is 6.83. The summed E-state index contributed by atoms with van der Waals surface area (Å²) in [6, 6.07) is 2.84. The van der Waals surface area contributed by atoms with Gasteiger partial charge in [0.2, 0.25) is 0 Å². The van der Waals surface area contributed by atoms with E-state index >= 15 is 0 Å². The van der Waals surface area contributed by atoms with E-state index in [1.807, 2.05) is 0 Å². The van der Waals surface area contributed by atoms with Gasteiger partial charge in [0.15, 0.2) is 0 Å². The molecule has 0 radical (unpaired) electrons. The van der Waals surface area contributed by atoms with Gasteiger partial charge in [-0.05, 0) is 24.1 Å². The fourth-order valence-electron chi connectivity index (χ4n) is 1.46.